The number of carboxylic acid groups (broad SMARTS) is 1. The quantitative estimate of drug-likeness (QED) is 0.0941. The van der Waals surface area contributed by atoms with E-state index in [0.29, 0.717) is 25.8 Å². The lowest BCUT2D eigenvalue weighted by Gasteiger charge is -2.41. The summed E-state index contributed by atoms with van der Waals surface area (Å²) in [5.74, 6) is -2.98. The molecule has 0 bridgehead atoms. The van der Waals surface area contributed by atoms with E-state index in [4.69, 9.17) is 28.8 Å². The van der Waals surface area contributed by atoms with Crippen LogP contribution in [-0.2, 0) is 53.8 Å². The lowest BCUT2D eigenvalue weighted by molar-refractivity contribution is -0.202. The van der Waals surface area contributed by atoms with Crippen LogP contribution < -0.4 is 16.0 Å². The summed E-state index contributed by atoms with van der Waals surface area (Å²) in [5, 5.41) is 16.7. The molecule has 1 aliphatic heterocycles. The van der Waals surface area contributed by atoms with Crippen LogP contribution >= 0.6 is 0 Å². The van der Waals surface area contributed by atoms with Crippen molar-refractivity contribution in [3.05, 3.63) is 18.1 Å². The number of hydrogen-bond donors (Lipinski definition) is 4. The number of aromatic nitrogens is 2. The van der Waals surface area contributed by atoms with Crippen molar-refractivity contribution in [3.8, 4) is 0 Å². The fourth-order valence-electron chi connectivity index (χ4n) is 4.78. The van der Waals surface area contributed by atoms with Gasteiger partial charge in [0.25, 0.3) is 0 Å². The molecule has 4 N–H and O–H groups in total. The zero-order valence-electron chi connectivity index (χ0n) is 28.1. The van der Waals surface area contributed by atoms with Gasteiger partial charge in [0.1, 0.15) is 11.9 Å². The number of anilines is 1. The molecule has 1 aliphatic rings. The van der Waals surface area contributed by atoms with E-state index in [2.05, 4.69) is 25.9 Å². The lowest BCUT2D eigenvalue weighted by Crippen LogP contribution is -2.59. The monoisotopic (exact) mass is 721 g/mol. The number of aliphatic carboxylic acids is 1. The Hall–Kier alpha value is -4.10. The summed E-state index contributed by atoms with van der Waals surface area (Å²) in [6.45, 7) is 3.71. The highest BCUT2D eigenvalue weighted by Gasteiger charge is 2.45. The molecule has 2 rings (SSSR count). The topological polar surface area (TPSA) is 214 Å². The summed E-state index contributed by atoms with van der Waals surface area (Å²) < 4.78 is 67.1. The van der Waals surface area contributed by atoms with Crippen molar-refractivity contribution in [3.63, 3.8) is 0 Å². The molecule has 2 amide bonds. The van der Waals surface area contributed by atoms with Gasteiger partial charge in [-0.25, -0.2) is 4.98 Å². The van der Waals surface area contributed by atoms with Gasteiger partial charge in [0.05, 0.1) is 44.9 Å². The first kappa shape index (κ1) is 42.1. The number of unbranched alkanes of at least 4 members (excludes halogenated alkanes) is 3. The highest BCUT2D eigenvalue weighted by molar-refractivity contribution is 5.77. The molecule has 1 aromatic heterocycles. The number of alkyl halides is 3. The SMILES string of the molecule is CC(=O)O[C@@H]1[C@H](OC(C)=O)[C@@H](Nc2cncc(C(F)(F)F)n2)CO[C@@H]1COCCCCCCNC(=O)CCOCCNC(=O)CCCC(=O)O. The van der Waals surface area contributed by atoms with Crippen molar-refractivity contribution in [1.29, 1.82) is 0 Å². The summed E-state index contributed by atoms with van der Waals surface area (Å²) >= 11 is 0. The van der Waals surface area contributed by atoms with Gasteiger partial charge in [-0.15, -0.1) is 0 Å². The molecule has 19 heteroatoms. The minimum Gasteiger partial charge on any atom is -0.481 e. The fourth-order valence-corrected chi connectivity index (χ4v) is 4.78. The maximum atomic E-state index is 13.1. The fraction of sp³-hybridized carbons (Fsp3) is 0.710. The number of carbonyl (C=O) groups excluding carboxylic acids is 4. The number of nitrogens with one attached hydrogen (secondary N) is 3. The van der Waals surface area contributed by atoms with Crippen LogP contribution in [0, 0.1) is 0 Å². The normalized spacial score (nSPS) is 18.9. The van der Waals surface area contributed by atoms with Crippen molar-refractivity contribution in [1.82, 2.24) is 20.6 Å². The van der Waals surface area contributed by atoms with E-state index in [-0.39, 0.29) is 76.3 Å². The summed E-state index contributed by atoms with van der Waals surface area (Å²) in [6.07, 6.45) is -2.60. The molecule has 1 saturated heterocycles. The van der Waals surface area contributed by atoms with Crippen molar-refractivity contribution >= 4 is 35.5 Å². The minimum atomic E-state index is -4.72. The molecule has 50 heavy (non-hydrogen) atoms. The Morgan fingerprint density at radius 3 is 2.22 bits per heavy atom. The van der Waals surface area contributed by atoms with Gasteiger partial charge in [0, 0.05) is 52.8 Å². The molecule has 0 unspecified atom stereocenters. The highest BCUT2D eigenvalue weighted by Crippen LogP contribution is 2.29. The van der Waals surface area contributed by atoms with Crippen LogP contribution in [-0.4, -0.2) is 115 Å². The van der Waals surface area contributed by atoms with E-state index in [1.54, 1.807) is 0 Å². The van der Waals surface area contributed by atoms with Crippen LogP contribution in [0.2, 0.25) is 0 Å². The Kier molecular flexibility index (Phi) is 19.0. The van der Waals surface area contributed by atoms with Gasteiger partial charge >= 0.3 is 24.1 Å². The Morgan fingerprint density at radius 2 is 1.52 bits per heavy atom. The van der Waals surface area contributed by atoms with Crippen LogP contribution in [0.15, 0.2) is 12.4 Å². The second-order valence-electron chi connectivity index (χ2n) is 11.4. The Balaban J connectivity index is 1.65. The van der Waals surface area contributed by atoms with Crippen LogP contribution in [0.1, 0.15) is 70.9 Å². The van der Waals surface area contributed by atoms with Crippen molar-refractivity contribution in [2.45, 2.75) is 95.7 Å². The van der Waals surface area contributed by atoms with Gasteiger partial charge in [0.15, 0.2) is 17.9 Å². The van der Waals surface area contributed by atoms with Crippen LogP contribution in [0.5, 0.6) is 0 Å². The molecule has 0 radical (unpaired) electrons. The molecule has 282 valence electrons. The Bertz CT molecular complexity index is 1240. The van der Waals surface area contributed by atoms with Crippen molar-refractivity contribution in [2.24, 2.45) is 0 Å². The predicted molar refractivity (Wildman–Crippen MR) is 168 cm³/mol. The number of esters is 2. The molecule has 1 fully saturated rings. The highest BCUT2D eigenvalue weighted by atomic mass is 19.4. The van der Waals surface area contributed by atoms with Crippen LogP contribution in [0.3, 0.4) is 0 Å². The van der Waals surface area contributed by atoms with Crippen LogP contribution in [0.4, 0.5) is 19.0 Å². The smallest absolute Gasteiger partial charge is 0.434 e. The van der Waals surface area contributed by atoms with Gasteiger partial charge in [-0.3, -0.25) is 29.0 Å². The van der Waals surface area contributed by atoms with E-state index in [1.165, 1.54) is 0 Å². The molecule has 16 nitrogen and oxygen atoms in total. The second-order valence-corrected chi connectivity index (χ2v) is 11.4. The molecule has 0 aliphatic carbocycles. The number of rotatable bonds is 23. The van der Waals surface area contributed by atoms with Crippen LogP contribution in [0.25, 0.3) is 0 Å². The summed E-state index contributed by atoms with van der Waals surface area (Å²) in [4.78, 5) is 64.9. The number of halogens is 3. The maximum absolute atomic E-state index is 13.1. The van der Waals surface area contributed by atoms with E-state index >= 15 is 0 Å². The first-order chi connectivity index (χ1) is 23.8. The molecule has 4 atom stereocenters. The zero-order valence-corrected chi connectivity index (χ0v) is 28.1. The summed E-state index contributed by atoms with van der Waals surface area (Å²) in [6, 6.07) is -0.922. The first-order valence-electron chi connectivity index (χ1n) is 16.3. The van der Waals surface area contributed by atoms with Crippen molar-refractivity contribution < 1.29 is 65.9 Å². The van der Waals surface area contributed by atoms with Gasteiger partial charge < -0.3 is 44.7 Å². The number of hydrogen-bond acceptors (Lipinski definition) is 13. The molecule has 1 aromatic rings. The second kappa shape index (κ2) is 22.6. The van der Waals surface area contributed by atoms with E-state index in [0.717, 1.165) is 39.3 Å². The third-order valence-electron chi connectivity index (χ3n) is 7.10. The average molecular weight is 722 g/mol. The van der Waals surface area contributed by atoms with Gasteiger partial charge in [-0.1, -0.05) is 12.8 Å². The first-order valence-corrected chi connectivity index (χ1v) is 16.3. The van der Waals surface area contributed by atoms with E-state index < -0.39 is 54.1 Å². The van der Waals surface area contributed by atoms with Crippen molar-refractivity contribution in [2.75, 3.05) is 51.4 Å². The third kappa shape index (κ3) is 17.5. The molecule has 2 heterocycles. The number of amides is 2. The average Bonchev–Trinajstić information content (AvgIpc) is 3.03. The molecular weight excluding hydrogens is 675 g/mol. The minimum absolute atomic E-state index is 0.0108. The number of carboxylic acids is 1. The van der Waals surface area contributed by atoms with Gasteiger partial charge in [-0.2, -0.15) is 13.2 Å². The number of nitrogens with zero attached hydrogens (tertiary/aromatic N) is 2. The zero-order chi connectivity index (χ0) is 36.9. The predicted octanol–water partition coefficient (Wildman–Crippen LogP) is 2.01. The van der Waals surface area contributed by atoms with Gasteiger partial charge in [0.2, 0.25) is 11.8 Å². The molecule has 0 saturated carbocycles. The standard InChI is InChI=1S/C31H46F3N5O11/c1-20(40)49-29-22(38-25-17-35-16-24(39-25)31(32,33)34)18-48-23(30(29)50-21(2)41)19-47-13-6-4-3-5-11-36-27(43)10-14-46-15-12-37-26(42)8-7-9-28(44)45/h16-17,22-23,29-30H,3-15,18-19H2,1-2H3,(H,36,43)(H,37,42)(H,38,39)(H,44,45)/t22-,23+,29+,30-/m0/s1. The Labute approximate surface area is 287 Å². The van der Waals surface area contributed by atoms with E-state index in [1.807, 2.05) is 0 Å². The maximum Gasteiger partial charge on any atom is 0.434 e. The lowest BCUT2D eigenvalue weighted by atomic mass is 9.97. The molecule has 0 spiro atoms. The third-order valence-corrected chi connectivity index (χ3v) is 7.10. The van der Waals surface area contributed by atoms with Gasteiger partial charge in [-0.05, 0) is 19.3 Å². The summed E-state index contributed by atoms with van der Waals surface area (Å²) in [7, 11) is 0. The number of ether oxygens (including phenoxy) is 5. The number of carbonyl (C=O) groups is 5. The molecule has 0 aromatic carbocycles. The summed E-state index contributed by atoms with van der Waals surface area (Å²) in [5.41, 5.74) is -1.22. The Morgan fingerprint density at radius 1 is 0.840 bits per heavy atom. The van der Waals surface area contributed by atoms with E-state index in [9.17, 15) is 37.1 Å². The largest absolute Gasteiger partial charge is 0.481 e. The molecular formula is C31H46F3N5O11.